The molecule has 0 bridgehead atoms. The first-order chi connectivity index (χ1) is 48.7. The molecule has 19 heteroatoms. The molecule has 101 heavy (non-hydrogen) atoms. The third kappa shape index (κ3) is 73.4. The molecule has 0 aromatic heterocycles. The van der Waals surface area contributed by atoms with E-state index in [1.54, 1.807) is 0 Å². The largest absolute Gasteiger partial charge is 0.472 e. The molecule has 0 heterocycles. The minimum atomic E-state index is -4.96. The molecule has 0 aromatic carbocycles. The summed E-state index contributed by atoms with van der Waals surface area (Å²) in [6, 6.07) is 0. The van der Waals surface area contributed by atoms with Gasteiger partial charge in [-0.3, -0.25) is 37.3 Å². The van der Waals surface area contributed by atoms with Gasteiger partial charge in [-0.1, -0.05) is 370 Å². The number of phosphoric acid groups is 2. The van der Waals surface area contributed by atoms with Gasteiger partial charge < -0.3 is 33.8 Å². The van der Waals surface area contributed by atoms with Gasteiger partial charge in [0.05, 0.1) is 26.4 Å². The van der Waals surface area contributed by atoms with Gasteiger partial charge in [0.25, 0.3) is 0 Å². The van der Waals surface area contributed by atoms with Crippen molar-refractivity contribution in [1.29, 1.82) is 0 Å². The highest BCUT2D eigenvalue weighted by Gasteiger charge is 2.30. The van der Waals surface area contributed by atoms with Crippen LogP contribution in [0.1, 0.15) is 421 Å². The highest BCUT2D eigenvalue weighted by molar-refractivity contribution is 7.47. The molecule has 0 aliphatic carbocycles. The zero-order valence-corrected chi connectivity index (χ0v) is 68.3. The van der Waals surface area contributed by atoms with Crippen molar-refractivity contribution in [1.82, 2.24) is 0 Å². The predicted molar refractivity (Wildman–Crippen MR) is 414 cm³/mol. The number of unbranched alkanes of at least 4 members (excludes halogenated alkanes) is 43. The maximum Gasteiger partial charge on any atom is 0.472 e. The Labute approximate surface area is 619 Å². The van der Waals surface area contributed by atoms with E-state index in [-0.39, 0.29) is 25.7 Å². The Hall–Kier alpha value is -1.94. The predicted octanol–water partition coefficient (Wildman–Crippen LogP) is 24.4. The fourth-order valence-electron chi connectivity index (χ4n) is 12.5. The van der Waals surface area contributed by atoms with Gasteiger partial charge in [-0.25, -0.2) is 9.13 Å². The van der Waals surface area contributed by atoms with Crippen LogP contribution in [0.5, 0.6) is 0 Å². The van der Waals surface area contributed by atoms with Crippen LogP contribution < -0.4 is 0 Å². The number of hydrogen-bond donors (Lipinski definition) is 3. The summed E-state index contributed by atoms with van der Waals surface area (Å²) < 4.78 is 68.7. The highest BCUT2D eigenvalue weighted by Crippen LogP contribution is 2.45. The van der Waals surface area contributed by atoms with Crippen molar-refractivity contribution in [2.24, 2.45) is 23.7 Å². The van der Waals surface area contributed by atoms with E-state index in [0.29, 0.717) is 37.5 Å². The third-order valence-electron chi connectivity index (χ3n) is 19.8. The first-order valence-electron chi connectivity index (χ1n) is 42.3. The van der Waals surface area contributed by atoms with E-state index in [0.717, 1.165) is 108 Å². The Morgan fingerprint density at radius 1 is 0.277 bits per heavy atom. The summed E-state index contributed by atoms with van der Waals surface area (Å²) in [5.74, 6) is 1.03. The molecule has 0 aromatic rings. The number of aliphatic hydroxyl groups excluding tert-OH is 1. The number of carbonyl (C=O) groups is 4. The van der Waals surface area contributed by atoms with Crippen molar-refractivity contribution < 1.29 is 80.2 Å². The topological polar surface area (TPSA) is 237 Å². The first kappa shape index (κ1) is 99.1. The molecule has 0 amide bonds. The summed E-state index contributed by atoms with van der Waals surface area (Å²) in [5, 5.41) is 10.6. The minimum absolute atomic E-state index is 0.105. The molecule has 0 saturated heterocycles. The van der Waals surface area contributed by atoms with Crippen molar-refractivity contribution in [3.63, 3.8) is 0 Å². The third-order valence-corrected chi connectivity index (χ3v) is 21.7. The lowest BCUT2D eigenvalue weighted by molar-refractivity contribution is -0.161. The fraction of sp³-hybridized carbons (Fsp3) is 0.951. The molecule has 0 fully saturated rings. The van der Waals surface area contributed by atoms with Crippen molar-refractivity contribution >= 4 is 39.5 Å². The van der Waals surface area contributed by atoms with Gasteiger partial charge in [0.15, 0.2) is 12.2 Å². The fourth-order valence-corrected chi connectivity index (χ4v) is 14.1. The van der Waals surface area contributed by atoms with Gasteiger partial charge in [-0.2, -0.15) is 0 Å². The van der Waals surface area contributed by atoms with Crippen molar-refractivity contribution in [2.75, 3.05) is 39.6 Å². The monoisotopic (exact) mass is 1480 g/mol. The van der Waals surface area contributed by atoms with E-state index in [2.05, 4.69) is 55.4 Å². The lowest BCUT2D eigenvalue weighted by atomic mass is 9.99. The Kier molecular flexibility index (Phi) is 69.6. The lowest BCUT2D eigenvalue weighted by Crippen LogP contribution is -2.30. The van der Waals surface area contributed by atoms with E-state index in [9.17, 15) is 43.2 Å². The van der Waals surface area contributed by atoms with Gasteiger partial charge in [0, 0.05) is 25.7 Å². The smallest absolute Gasteiger partial charge is 0.462 e. The number of ether oxygens (including phenoxy) is 4. The number of carbonyl (C=O) groups excluding carboxylic acids is 4. The van der Waals surface area contributed by atoms with E-state index in [4.69, 9.17) is 37.0 Å². The van der Waals surface area contributed by atoms with E-state index >= 15 is 0 Å². The summed E-state index contributed by atoms with van der Waals surface area (Å²) in [4.78, 5) is 73.0. The molecule has 7 atom stereocenters. The van der Waals surface area contributed by atoms with E-state index < -0.39 is 97.5 Å². The van der Waals surface area contributed by atoms with Crippen LogP contribution >= 0.6 is 15.6 Å². The second-order valence-corrected chi connectivity index (χ2v) is 33.9. The molecular formula is C82H160O17P2. The van der Waals surface area contributed by atoms with Crippen molar-refractivity contribution in [3.05, 3.63) is 0 Å². The number of esters is 4. The van der Waals surface area contributed by atoms with Crippen molar-refractivity contribution in [2.45, 2.75) is 440 Å². The maximum absolute atomic E-state index is 13.1. The minimum Gasteiger partial charge on any atom is -0.462 e. The average Bonchev–Trinajstić information content (AvgIpc) is 0.922. The maximum atomic E-state index is 13.1. The summed E-state index contributed by atoms with van der Waals surface area (Å²) >= 11 is 0. The Balaban J connectivity index is 5.15. The van der Waals surface area contributed by atoms with Crippen LogP contribution in [-0.4, -0.2) is 96.7 Å². The summed E-state index contributed by atoms with van der Waals surface area (Å²) in [6.45, 7) is 14.3. The Bertz CT molecular complexity index is 1980. The molecular weight excluding hydrogens is 1320 g/mol. The van der Waals surface area contributed by atoms with Gasteiger partial charge in [0.1, 0.15) is 19.3 Å². The average molecular weight is 1480 g/mol. The second-order valence-electron chi connectivity index (χ2n) is 31.0. The molecule has 17 nitrogen and oxygen atoms in total. The van der Waals surface area contributed by atoms with E-state index in [1.807, 2.05) is 0 Å². The zero-order chi connectivity index (χ0) is 74.6. The molecule has 5 unspecified atom stereocenters. The number of phosphoric ester groups is 2. The Morgan fingerprint density at radius 3 is 0.703 bits per heavy atom. The van der Waals surface area contributed by atoms with Crippen LogP contribution in [-0.2, 0) is 65.4 Å². The van der Waals surface area contributed by atoms with Crippen LogP contribution in [0.25, 0.3) is 0 Å². The van der Waals surface area contributed by atoms with Gasteiger partial charge in [-0.15, -0.1) is 0 Å². The van der Waals surface area contributed by atoms with Crippen LogP contribution in [0.15, 0.2) is 0 Å². The molecule has 0 aliphatic heterocycles. The summed E-state index contributed by atoms with van der Waals surface area (Å²) in [7, 11) is -9.92. The SMILES string of the molecule is CCC(C)CCCCCCCCCCCCCCCCCCCCC(=O)OC[C@H](COP(=O)(O)OCC(O)COP(=O)(O)OC[C@@H](COC(=O)CCCCCCCCCC(C)C)OC(=O)CCCCCCCCCCCCCCCCC(C)CC)OC(=O)CCCCCCCCCCC(C)C. The summed E-state index contributed by atoms with van der Waals surface area (Å²) in [5.41, 5.74) is 0. The van der Waals surface area contributed by atoms with Gasteiger partial charge >= 0.3 is 39.5 Å². The van der Waals surface area contributed by atoms with Crippen LogP contribution in [0, 0.1) is 23.7 Å². The normalized spacial score (nSPS) is 14.5. The van der Waals surface area contributed by atoms with Gasteiger partial charge in [0.2, 0.25) is 0 Å². The second kappa shape index (κ2) is 71.0. The number of rotatable bonds is 79. The standard InChI is InChI=1S/C82H160O17P2/c1-9-74(7)60-52-44-36-27-23-19-15-13-11-12-14-16-21-25-29-38-46-54-62-79(84)92-68-77(99-82(87)65-57-49-40-32-31-34-42-50-58-72(3)4)70-96-100(88,89)94-66-76(83)67-95-101(90,91)97-71-78(69-93-80(85)63-55-47-41-33-35-43-51-59-73(5)6)98-81(86)64-56-48-39-30-26-22-18-17-20-24-28-37-45-53-61-75(8)10-2/h72-78,83H,9-71H2,1-8H3,(H,88,89)(H,90,91)/t74?,75?,76?,77-,78-/m1/s1. The number of hydrogen-bond acceptors (Lipinski definition) is 15. The number of aliphatic hydroxyl groups is 1. The van der Waals surface area contributed by atoms with Crippen molar-refractivity contribution in [3.8, 4) is 0 Å². The molecule has 600 valence electrons. The van der Waals surface area contributed by atoms with Gasteiger partial charge in [-0.05, 0) is 49.4 Å². The molecule has 0 rings (SSSR count). The molecule has 3 N–H and O–H groups in total. The molecule has 0 saturated carbocycles. The highest BCUT2D eigenvalue weighted by atomic mass is 31.2. The quantitative estimate of drug-likeness (QED) is 0.0222. The zero-order valence-electron chi connectivity index (χ0n) is 66.5. The molecule has 0 radical (unpaired) electrons. The van der Waals surface area contributed by atoms with Crippen LogP contribution in [0.3, 0.4) is 0 Å². The van der Waals surface area contributed by atoms with E-state index in [1.165, 1.54) is 218 Å². The molecule has 0 spiro atoms. The molecule has 0 aliphatic rings. The Morgan fingerprint density at radius 2 is 0.475 bits per heavy atom. The lowest BCUT2D eigenvalue weighted by Gasteiger charge is -2.21. The summed E-state index contributed by atoms with van der Waals surface area (Å²) in [6.07, 6.45) is 58.5. The van der Waals surface area contributed by atoms with Crippen LogP contribution in [0.4, 0.5) is 0 Å². The van der Waals surface area contributed by atoms with Crippen LogP contribution in [0.2, 0.25) is 0 Å². The first-order valence-corrected chi connectivity index (χ1v) is 45.3.